The predicted molar refractivity (Wildman–Crippen MR) is 58.0 cm³/mol. The fraction of sp³-hybridized carbons (Fsp3) is 0.250. The van der Waals surface area contributed by atoms with E-state index in [9.17, 15) is 4.79 Å². The van der Waals surface area contributed by atoms with Crippen LogP contribution < -0.4 is 9.47 Å². The molecule has 1 aromatic rings. The van der Waals surface area contributed by atoms with Crippen molar-refractivity contribution < 1.29 is 14.3 Å². The van der Waals surface area contributed by atoms with Crippen LogP contribution in [0.2, 0.25) is 0 Å². The number of benzene rings is 1. The Bertz CT molecular complexity index is 327. The molecule has 15 heavy (non-hydrogen) atoms. The Morgan fingerprint density at radius 1 is 1.20 bits per heavy atom. The van der Waals surface area contributed by atoms with Gasteiger partial charge in [0, 0.05) is 5.92 Å². The molecule has 3 heteroatoms. The van der Waals surface area contributed by atoms with Gasteiger partial charge in [-0.2, -0.15) is 0 Å². The second-order valence-electron chi connectivity index (χ2n) is 3.12. The lowest BCUT2D eigenvalue weighted by molar-refractivity contribution is -0.109. The van der Waals surface area contributed by atoms with Crippen molar-refractivity contribution in [3.63, 3.8) is 0 Å². The van der Waals surface area contributed by atoms with Gasteiger partial charge in [0.25, 0.3) is 0 Å². The van der Waals surface area contributed by atoms with Gasteiger partial charge >= 0.3 is 0 Å². The summed E-state index contributed by atoms with van der Waals surface area (Å²) in [4.78, 5) is 10.3. The number of hydrogen-bond acceptors (Lipinski definition) is 3. The van der Waals surface area contributed by atoms with Crippen molar-refractivity contribution in [1.29, 1.82) is 0 Å². The van der Waals surface area contributed by atoms with Crippen molar-refractivity contribution >= 4 is 6.29 Å². The summed E-state index contributed by atoms with van der Waals surface area (Å²) in [5.74, 6) is 1.38. The van der Waals surface area contributed by atoms with E-state index in [0.717, 1.165) is 12.0 Å². The maximum Gasteiger partial charge on any atom is 0.126 e. The average Bonchev–Trinajstić information content (AvgIpc) is 2.29. The van der Waals surface area contributed by atoms with Gasteiger partial charge in [0.05, 0.1) is 13.4 Å². The zero-order chi connectivity index (χ0) is 11.1. The molecule has 0 aliphatic rings. The van der Waals surface area contributed by atoms with Crippen LogP contribution in [-0.2, 0) is 4.79 Å². The third kappa shape index (κ3) is 3.85. The molecular formula is C12H14O3. The minimum atomic E-state index is -0.122. The van der Waals surface area contributed by atoms with Gasteiger partial charge in [-0.1, -0.05) is 6.92 Å². The maximum atomic E-state index is 10.3. The van der Waals surface area contributed by atoms with Crippen molar-refractivity contribution in [3.05, 3.63) is 36.6 Å². The van der Waals surface area contributed by atoms with E-state index < -0.39 is 0 Å². The molecule has 0 aliphatic carbocycles. The highest BCUT2D eigenvalue weighted by atomic mass is 16.5. The Morgan fingerprint density at radius 3 is 2.33 bits per heavy atom. The first kappa shape index (κ1) is 11.3. The van der Waals surface area contributed by atoms with Gasteiger partial charge in [-0.15, -0.1) is 0 Å². The van der Waals surface area contributed by atoms with Crippen molar-refractivity contribution in [2.75, 3.05) is 7.11 Å². The molecule has 0 heterocycles. The topological polar surface area (TPSA) is 35.5 Å². The molecule has 0 aromatic heterocycles. The largest absolute Gasteiger partial charge is 0.497 e. The zero-order valence-electron chi connectivity index (χ0n) is 8.84. The highest BCUT2D eigenvalue weighted by Crippen LogP contribution is 2.17. The fourth-order valence-electron chi connectivity index (χ4n) is 0.941. The summed E-state index contributed by atoms with van der Waals surface area (Å²) < 4.78 is 10.3. The molecule has 1 atom stereocenters. The van der Waals surface area contributed by atoms with Crippen LogP contribution in [0.5, 0.6) is 11.5 Å². The van der Waals surface area contributed by atoms with E-state index in [-0.39, 0.29) is 5.92 Å². The highest BCUT2D eigenvalue weighted by Gasteiger charge is 1.94. The molecule has 0 spiro atoms. The first-order chi connectivity index (χ1) is 7.26. The van der Waals surface area contributed by atoms with Crippen LogP contribution >= 0.6 is 0 Å². The Labute approximate surface area is 89.3 Å². The molecule has 0 aliphatic heterocycles. The molecule has 0 bridgehead atoms. The Balaban J connectivity index is 2.50. The van der Waals surface area contributed by atoms with Gasteiger partial charge in [0.1, 0.15) is 17.8 Å². The summed E-state index contributed by atoms with van der Waals surface area (Å²) >= 11 is 0. The van der Waals surface area contributed by atoms with Gasteiger partial charge in [-0.05, 0) is 30.3 Å². The van der Waals surface area contributed by atoms with Crippen LogP contribution in [0.4, 0.5) is 0 Å². The highest BCUT2D eigenvalue weighted by molar-refractivity contribution is 5.55. The van der Waals surface area contributed by atoms with E-state index >= 15 is 0 Å². The van der Waals surface area contributed by atoms with Crippen LogP contribution in [-0.4, -0.2) is 13.4 Å². The minimum absolute atomic E-state index is 0.122. The number of carbonyl (C=O) groups excluding carboxylic acids is 1. The van der Waals surface area contributed by atoms with Gasteiger partial charge in [-0.3, -0.25) is 0 Å². The van der Waals surface area contributed by atoms with E-state index in [1.165, 1.54) is 6.26 Å². The Hall–Kier alpha value is -1.77. The van der Waals surface area contributed by atoms with Crippen molar-refractivity contribution in [2.24, 2.45) is 5.92 Å². The molecule has 0 fully saturated rings. The molecule has 0 N–H and O–H groups in total. The van der Waals surface area contributed by atoms with Crippen LogP contribution in [0.25, 0.3) is 0 Å². The molecular weight excluding hydrogens is 192 g/mol. The number of ether oxygens (including phenoxy) is 2. The molecule has 1 aromatic carbocycles. The second kappa shape index (κ2) is 5.86. The third-order valence-corrected chi connectivity index (χ3v) is 1.86. The predicted octanol–water partition coefficient (Wildman–Crippen LogP) is 2.42. The number of carbonyl (C=O) groups is 1. The summed E-state index contributed by atoms with van der Waals surface area (Å²) in [7, 11) is 1.61. The lowest BCUT2D eigenvalue weighted by Gasteiger charge is -2.02. The summed E-state index contributed by atoms with van der Waals surface area (Å²) in [5.41, 5.74) is 0. The molecule has 0 saturated carbocycles. The molecule has 0 saturated heterocycles. The molecule has 1 rings (SSSR count). The maximum absolute atomic E-state index is 10.3. The number of hydrogen-bond donors (Lipinski definition) is 0. The number of allylic oxidation sites excluding steroid dienone is 1. The second-order valence-corrected chi connectivity index (χ2v) is 3.12. The van der Waals surface area contributed by atoms with E-state index in [1.54, 1.807) is 32.2 Å². The average molecular weight is 206 g/mol. The summed E-state index contributed by atoms with van der Waals surface area (Å²) in [6, 6.07) is 7.22. The minimum Gasteiger partial charge on any atom is -0.497 e. The Kier molecular flexibility index (Phi) is 4.41. The zero-order valence-corrected chi connectivity index (χ0v) is 8.84. The van der Waals surface area contributed by atoms with E-state index in [1.807, 2.05) is 12.1 Å². The number of aldehydes is 1. The standard InChI is InChI=1S/C12H14O3/c1-10(9-13)7-8-15-12-5-3-11(14-2)4-6-12/h3-10H,1-2H3. The lowest BCUT2D eigenvalue weighted by Crippen LogP contribution is -1.91. The molecule has 3 nitrogen and oxygen atoms in total. The van der Waals surface area contributed by atoms with Crippen molar-refractivity contribution in [3.8, 4) is 11.5 Å². The van der Waals surface area contributed by atoms with Crippen LogP contribution in [0.15, 0.2) is 36.6 Å². The molecule has 0 radical (unpaired) electrons. The molecule has 0 amide bonds. The van der Waals surface area contributed by atoms with E-state index in [0.29, 0.717) is 5.75 Å². The SMILES string of the molecule is COc1ccc(OC=CC(C)C=O)cc1. The van der Waals surface area contributed by atoms with Crippen LogP contribution in [0, 0.1) is 5.92 Å². The van der Waals surface area contributed by atoms with Gasteiger partial charge in [0.2, 0.25) is 0 Å². The van der Waals surface area contributed by atoms with Crippen LogP contribution in [0.1, 0.15) is 6.92 Å². The first-order valence-electron chi connectivity index (χ1n) is 4.69. The third-order valence-electron chi connectivity index (χ3n) is 1.86. The fourth-order valence-corrected chi connectivity index (χ4v) is 0.941. The normalized spacial score (nSPS) is 12.4. The molecule has 80 valence electrons. The van der Waals surface area contributed by atoms with E-state index in [4.69, 9.17) is 9.47 Å². The van der Waals surface area contributed by atoms with E-state index in [2.05, 4.69) is 0 Å². The monoisotopic (exact) mass is 206 g/mol. The van der Waals surface area contributed by atoms with Gasteiger partial charge in [0.15, 0.2) is 0 Å². The summed E-state index contributed by atoms with van der Waals surface area (Å²) in [5, 5.41) is 0. The quantitative estimate of drug-likeness (QED) is 0.548. The Morgan fingerprint density at radius 2 is 1.80 bits per heavy atom. The van der Waals surface area contributed by atoms with Crippen LogP contribution in [0.3, 0.4) is 0 Å². The molecule has 1 unspecified atom stereocenters. The number of rotatable bonds is 5. The van der Waals surface area contributed by atoms with Gasteiger partial charge < -0.3 is 14.3 Å². The summed E-state index contributed by atoms with van der Waals surface area (Å²) in [6.45, 7) is 1.79. The van der Waals surface area contributed by atoms with Gasteiger partial charge in [-0.25, -0.2) is 0 Å². The lowest BCUT2D eigenvalue weighted by atomic mass is 10.2. The first-order valence-corrected chi connectivity index (χ1v) is 4.69. The smallest absolute Gasteiger partial charge is 0.126 e. The van der Waals surface area contributed by atoms with Crippen molar-refractivity contribution in [1.82, 2.24) is 0 Å². The van der Waals surface area contributed by atoms with Crippen molar-refractivity contribution in [2.45, 2.75) is 6.92 Å². The summed E-state index contributed by atoms with van der Waals surface area (Å²) in [6.07, 6.45) is 4.06. The number of methoxy groups -OCH3 is 1.